The van der Waals surface area contributed by atoms with Crippen molar-refractivity contribution in [1.82, 2.24) is 10.2 Å². The van der Waals surface area contributed by atoms with E-state index in [2.05, 4.69) is 10.2 Å². The van der Waals surface area contributed by atoms with Crippen molar-refractivity contribution in [2.75, 3.05) is 39.4 Å². The summed E-state index contributed by atoms with van der Waals surface area (Å²) in [4.78, 5) is 2.53. The minimum absolute atomic E-state index is 0.883. The molecule has 2 rings (SSSR count). The smallest absolute Gasteiger partial charge is 0.0594 e. The molecule has 1 aliphatic heterocycles. The molecule has 94 valence electrons. The van der Waals surface area contributed by atoms with Crippen LogP contribution in [0.5, 0.6) is 0 Å². The summed E-state index contributed by atoms with van der Waals surface area (Å²) in [5, 5.41) is 3.57. The maximum atomic E-state index is 5.34. The lowest BCUT2D eigenvalue weighted by atomic mass is 10.2. The second kappa shape index (κ2) is 7.25. The molecular weight excluding hydrogens is 200 g/mol. The number of ether oxygens (including phenoxy) is 1. The summed E-state index contributed by atoms with van der Waals surface area (Å²) in [6.45, 7) is 6.67. The van der Waals surface area contributed by atoms with E-state index in [0.29, 0.717) is 0 Å². The van der Waals surface area contributed by atoms with Gasteiger partial charge in [0.05, 0.1) is 13.2 Å². The van der Waals surface area contributed by atoms with Gasteiger partial charge in [0.2, 0.25) is 0 Å². The molecule has 3 nitrogen and oxygen atoms in total. The lowest BCUT2D eigenvalue weighted by molar-refractivity contribution is 0.0371. The number of rotatable bonds is 8. The minimum atomic E-state index is 0.883. The number of hydrogen-bond donors (Lipinski definition) is 1. The highest BCUT2D eigenvalue weighted by Crippen LogP contribution is 2.18. The second-order valence-electron chi connectivity index (χ2n) is 5.10. The molecule has 0 unspecified atom stereocenters. The Morgan fingerprint density at radius 3 is 2.50 bits per heavy atom. The van der Waals surface area contributed by atoms with E-state index in [1.165, 1.54) is 51.6 Å². The fourth-order valence-electron chi connectivity index (χ4n) is 2.23. The first kappa shape index (κ1) is 12.3. The summed E-state index contributed by atoms with van der Waals surface area (Å²) >= 11 is 0. The fraction of sp³-hybridized carbons (Fsp3) is 1.00. The molecule has 16 heavy (non-hydrogen) atoms. The maximum absolute atomic E-state index is 5.34. The molecule has 0 radical (unpaired) electrons. The topological polar surface area (TPSA) is 24.5 Å². The molecule has 0 aromatic carbocycles. The first-order valence-corrected chi connectivity index (χ1v) is 6.98. The van der Waals surface area contributed by atoms with Crippen molar-refractivity contribution in [3.05, 3.63) is 0 Å². The summed E-state index contributed by atoms with van der Waals surface area (Å²) in [6.07, 6.45) is 8.34. The molecule has 0 spiro atoms. The Hall–Kier alpha value is -0.120. The normalized spacial score (nSPS) is 22.5. The highest BCUT2D eigenvalue weighted by molar-refractivity contribution is 4.80. The van der Waals surface area contributed by atoms with Gasteiger partial charge in [0.15, 0.2) is 0 Å². The third-order valence-electron chi connectivity index (χ3n) is 3.52. The van der Waals surface area contributed by atoms with Crippen molar-refractivity contribution in [2.45, 2.75) is 44.6 Å². The molecule has 2 aliphatic rings. The summed E-state index contributed by atoms with van der Waals surface area (Å²) < 4.78 is 5.34. The van der Waals surface area contributed by atoms with Crippen LogP contribution in [0.3, 0.4) is 0 Å². The van der Waals surface area contributed by atoms with Gasteiger partial charge < -0.3 is 10.1 Å². The van der Waals surface area contributed by atoms with E-state index in [1.54, 1.807) is 0 Å². The Labute approximate surface area is 99.5 Å². The first-order chi connectivity index (χ1) is 7.95. The maximum Gasteiger partial charge on any atom is 0.0594 e. The van der Waals surface area contributed by atoms with Gasteiger partial charge >= 0.3 is 0 Å². The molecule has 1 saturated heterocycles. The fourth-order valence-corrected chi connectivity index (χ4v) is 2.23. The molecular formula is C13H26N2O. The minimum Gasteiger partial charge on any atom is -0.379 e. The van der Waals surface area contributed by atoms with Gasteiger partial charge in [-0.25, -0.2) is 0 Å². The third kappa shape index (κ3) is 5.28. The Kier molecular flexibility index (Phi) is 5.59. The van der Waals surface area contributed by atoms with Crippen LogP contribution in [-0.2, 0) is 4.74 Å². The largest absolute Gasteiger partial charge is 0.379 e. The Balaban J connectivity index is 1.33. The molecule has 3 heteroatoms. The number of nitrogens with one attached hydrogen (secondary N) is 1. The van der Waals surface area contributed by atoms with E-state index in [0.717, 1.165) is 32.3 Å². The Morgan fingerprint density at radius 1 is 1.00 bits per heavy atom. The number of nitrogens with zero attached hydrogens (tertiary/aromatic N) is 1. The molecule has 1 aliphatic carbocycles. The van der Waals surface area contributed by atoms with E-state index in [1.807, 2.05) is 0 Å². The van der Waals surface area contributed by atoms with Crippen molar-refractivity contribution < 1.29 is 4.74 Å². The van der Waals surface area contributed by atoms with Gasteiger partial charge in [0.1, 0.15) is 0 Å². The zero-order valence-corrected chi connectivity index (χ0v) is 10.4. The third-order valence-corrected chi connectivity index (χ3v) is 3.52. The Morgan fingerprint density at radius 2 is 1.75 bits per heavy atom. The average Bonchev–Trinajstić information content (AvgIpc) is 3.13. The van der Waals surface area contributed by atoms with Crippen molar-refractivity contribution in [3.8, 4) is 0 Å². The zero-order chi connectivity index (χ0) is 11.1. The quantitative estimate of drug-likeness (QED) is 0.637. The van der Waals surface area contributed by atoms with Gasteiger partial charge in [-0.15, -0.1) is 0 Å². The van der Waals surface area contributed by atoms with E-state index in [-0.39, 0.29) is 0 Å². The summed E-state index contributed by atoms with van der Waals surface area (Å²) in [5.74, 6) is 0. The molecule has 0 amide bonds. The molecule has 0 atom stereocenters. The van der Waals surface area contributed by atoms with Crippen LogP contribution in [0, 0.1) is 0 Å². The van der Waals surface area contributed by atoms with Crippen molar-refractivity contribution in [2.24, 2.45) is 0 Å². The van der Waals surface area contributed by atoms with Crippen LogP contribution in [0.4, 0.5) is 0 Å². The van der Waals surface area contributed by atoms with Crippen LogP contribution < -0.4 is 5.32 Å². The number of morpholine rings is 1. The van der Waals surface area contributed by atoms with Crippen molar-refractivity contribution in [1.29, 1.82) is 0 Å². The van der Waals surface area contributed by atoms with Gasteiger partial charge in [0, 0.05) is 19.1 Å². The van der Waals surface area contributed by atoms with Crippen LogP contribution >= 0.6 is 0 Å². The zero-order valence-electron chi connectivity index (χ0n) is 10.4. The SMILES string of the molecule is C(CCCN1CCOCC1)CCNC1CC1. The lowest BCUT2D eigenvalue weighted by Crippen LogP contribution is -2.36. The first-order valence-electron chi connectivity index (χ1n) is 6.98. The molecule has 1 saturated carbocycles. The van der Waals surface area contributed by atoms with Gasteiger partial charge in [-0.3, -0.25) is 4.90 Å². The molecule has 0 aromatic rings. The summed E-state index contributed by atoms with van der Waals surface area (Å²) in [5.41, 5.74) is 0. The predicted octanol–water partition coefficient (Wildman–Crippen LogP) is 1.63. The molecule has 0 aromatic heterocycles. The van der Waals surface area contributed by atoms with E-state index in [4.69, 9.17) is 4.74 Å². The van der Waals surface area contributed by atoms with Gasteiger partial charge in [0.25, 0.3) is 0 Å². The lowest BCUT2D eigenvalue weighted by Gasteiger charge is -2.26. The van der Waals surface area contributed by atoms with Gasteiger partial charge in [-0.1, -0.05) is 12.8 Å². The highest BCUT2D eigenvalue weighted by Gasteiger charge is 2.19. The summed E-state index contributed by atoms with van der Waals surface area (Å²) in [7, 11) is 0. The molecule has 1 heterocycles. The number of hydrogen-bond acceptors (Lipinski definition) is 3. The van der Waals surface area contributed by atoms with Crippen LogP contribution in [0.2, 0.25) is 0 Å². The van der Waals surface area contributed by atoms with E-state index >= 15 is 0 Å². The van der Waals surface area contributed by atoms with Gasteiger partial charge in [-0.05, 0) is 38.8 Å². The molecule has 2 fully saturated rings. The highest BCUT2D eigenvalue weighted by atomic mass is 16.5. The van der Waals surface area contributed by atoms with Crippen LogP contribution in [0.1, 0.15) is 38.5 Å². The van der Waals surface area contributed by atoms with Crippen LogP contribution in [0.15, 0.2) is 0 Å². The second-order valence-corrected chi connectivity index (χ2v) is 5.10. The van der Waals surface area contributed by atoms with E-state index in [9.17, 15) is 0 Å². The number of unbranched alkanes of at least 4 members (excludes halogenated alkanes) is 3. The van der Waals surface area contributed by atoms with Crippen LogP contribution in [0.25, 0.3) is 0 Å². The molecule has 0 bridgehead atoms. The van der Waals surface area contributed by atoms with Crippen molar-refractivity contribution in [3.63, 3.8) is 0 Å². The van der Waals surface area contributed by atoms with Crippen molar-refractivity contribution >= 4 is 0 Å². The average molecular weight is 226 g/mol. The molecule has 1 N–H and O–H groups in total. The van der Waals surface area contributed by atoms with Crippen LogP contribution in [-0.4, -0.2) is 50.3 Å². The predicted molar refractivity (Wildman–Crippen MR) is 66.8 cm³/mol. The van der Waals surface area contributed by atoms with E-state index < -0.39 is 0 Å². The standard InChI is InChI=1S/C13H26N2O/c1(3-7-14-13-5-6-13)2-4-8-15-9-11-16-12-10-15/h13-14H,1-12H2. The monoisotopic (exact) mass is 226 g/mol. The summed E-state index contributed by atoms with van der Waals surface area (Å²) in [6, 6.07) is 0.883. The van der Waals surface area contributed by atoms with Gasteiger partial charge in [-0.2, -0.15) is 0 Å². The Bertz CT molecular complexity index is 177.